The van der Waals surface area contributed by atoms with Crippen LogP contribution in [-0.2, 0) is 4.79 Å². The second-order valence-electron chi connectivity index (χ2n) is 4.54. The number of benzene rings is 1. The molecular weight excluding hydrogens is 327 g/mol. The average molecular weight is 346 g/mol. The molecule has 0 aliphatic carbocycles. The van der Waals surface area contributed by atoms with Gasteiger partial charge in [0.15, 0.2) is 0 Å². The lowest BCUT2D eigenvalue weighted by Crippen LogP contribution is -2.33. The van der Waals surface area contributed by atoms with Gasteiger partial charge in [-0.3, -0.25) is 4.79 Å². The fraction of sp³-hybridized carbons (Fsp3) is 0.462. The van der Waals surface area contributed by atoms with Crippen molar-refractivity contribution in [3.05, 3.63) is 27.3 Å². The van der Waals surface area contributed by atoms with Crippen molar-refractivity contribution in [3.8, 4) is 0 Å². The second-order valence-corrected chi connectivity index (χ2v) is 5.70. The molecule has 0 heterocycles. The Morgan fingerprint density at radius 3 is 2.59 bits per heavy atom. The molecule has 17 heavy (non-hydrogen) atoms. The number of rotatable bonds is 4. The van der Waals surface area contributed by atoms with Crippen LogP contribution in [-0.4, -0.2) is 12.5 Å². The molecular formula is C13H19IN2O. The van der Waals surface area contributed by atoms with Gasteiger partial charge >= 0.3 is 0 Å². The van der Waals surface area contributed by atoms with Crippen molar-refractivity contribution < 1.29 is 4.79 Å². The molecule has 0 aromatic heterocycles. The number of aryl methyl sites for hydroxylation is 1. The maximum Gasteiger partial charge on any atom is 0.229 e. The number of nitrogens with two attached hydrogens (primary N) is 1. The molecule has 1 rings (SSSR count). The molecule has 1 amide bonds. The quantitative estimate of drug-likeness (QED) is 0.824. The van der Waals surface area contributed by atoms with Crippen molar-refractivity contribution in [2.45, 2.75) is 20.8 Å². The molecule has 0 aliphatic rings. The molecule has 94 valence electrons. The summed E-state index contributed by atoms with van der Waals surface area (Å²) in [5.41, 5.74) is 7.67. The van der Waals surface area contributed by atoms with Crippen LogP contribution in [0, 0.1) is 22.3 Å². The molecule has 0 spiro atoms. The Balaban J connectivity index is 2.77. The number of nitrogens with one attached hydrogen (secondary N) is 1. The summed E-state index contributed by atoms with van der Waals surface area (Å²) in [6.07, 6.45) is 0. The third-order valence-corrected chi connectivity index (χ3v) is 4.00. The summed E-state index contributed by atoms with van der Waals surface area (Å²) < 4.78 is 1.15. The van der Waals surface area contributed by atoms with E-state index in [1.165, 1.54) is 5.56 Å². The number of hydrogen-bond acceptors (Lipinski definition) is 2. The minimum Gasteiger partial charge on any atom is -0.330 e. The van der Waals surface area contributed by atoms with E-state index in [0.29, 0.717) is 6.54 Å². The van der Waals surface area contributed by atoms with Crippen molar-refractivity contribution in [2.75, 3.05) is 11.9 Å². The van der Waals surface area contributed by atoms with Gasteiger partial charge in [-0.2, -0.15) is 0 Å². The number of anilines is 1. The molecule has 4 heteroatoms. The van der Waals surface area contributed by atoms with Crippen molar-refractivity contribution >= 4 is 34.2 Å². The number of carbonyl (C=O) groups excluding carboxylic acids is 1. The number of halogens is 1. The van der Waals surface area contributed by atoms with Crippen molar-refractivity contribution in [1.29, 1.82) is 0 Å². The first-order valence-electron chi connectivity index (χ1n) is 5.72. The van der Waals surface area contributed by atoms with E-state index in [4.69, 9.17) is 5.73 Å². The third kappa shape index (κ3) is 3.96. The van der Waals surface area contributed by atoms with Crippen LogP contribution in [0.15, 0.2) is 18.2 Å². The van der Waals surface area contributed by atoms with Crippen molar-refractivity contribution in [1.82, 2.24) is 0 Å². The van der Waals surface area contributed by atoms with Gasteiger partial charge in [0.1, 0.15) is 0 Å². The van der Waals surface area contributed by atoms with Crippen molar-refractivity contribution in [2.24, 2.45) is 17.6 Å². The normalized spacial score (nSPS) is 12.6. The Bertz CT molecular complexity index is 404. The molecule has 3 nitrogen and oxygen atoms in total. The van der Waals surface area contributed by atoms with E-state index >= 15 is 0 Å². The Hall–Kier alpha value is -0.620. The molecule has 0 aliphatic heterocycles. The Kier molecular flexibility index (Phi) is 5.39. The van der Waals surface area contributed by atoms with Gasteiger partial charge in [-0.25, -0.2) is 0 Å². The van der Waals surface area contributed by atoms with Crippen LogP contribution in [0.5, 0.6) is 0 Å². The van der Waals surface area contributed by atoms with Crippen LogP contribution < -0.4 is 11.1 Å². The Labute approximate surface area is 116 Å². The van der Waals surface area contributed by atoms with E-state index in [1.54, 1.807) is 0 Å². The highest BCUT2D eigenvalue weighted by Gasteiger charge is 2.20. The zero-order valence-corrected chi connectivity index (χ0v) is 12.6. The van der Waals surface area contributed by atoms with E-state index in [2.05, 4.69) is 27.9 Å². The van der Waals surface area contributed by atoms with Gasteiger partial charge in [0, 0.05) is 15.8 Å². The van der Waals surface area contributed by atoms with Crippen LogP contribution in [0.2, 0.25) is 0 Å². The standard InChI is InChI=1S/C13H19IN2O/c1-8(2)11(7-15)13(17)16-10-5-4-9(3)12(14)6-10/h4-6,8,11H,7,15H2,1-3H3,(H,16,17). The maximum atomic E-state index is 12.0. The average Bonchev–Trinajstić information content (AvgIpc) is 2.24. The van der Waals surface area contributed by atoms with Gasteiger partial charge in [-0.1, -0.05) is 19.9 Å². The van der Waals surface area contributed by atoms with E-state index in [1.807, 2.05) is 39.0 Å². The maximum absolute atomic E-state index is 12.0. The topological polar surface area (TPSA) is 55.1 Å². The molecule has 1 unspecified atom stereocenters. The Morgan fingerprint density at radius 2 is 2.12 bits per heavy atom. The molecule has 1 aromatic rings. The summed E-state index contributed by atoms with van der Waals surface area (Å²) >= 11 is 2.26. The first-order chi connectivity index (χ1) is 7.95. The molecule has 0 saturated carbocycles. The van der Waals surface area contributed by atoms with Gasteiger partial charge in [-0.05, 0) is 53.1 Å². The summed E-state index contributed by atoms with van der Waals surface area (Å²) in [5, 5.41) is 2.92. The van der Waals surface area contributed by atoms with Gasteiger partial charge in [-0.15, -0.1) is 0 Å². The minimum absolute atomic E-state index is 0.00199. The van der Waals surface area contributed by atoms with Crippen LogP contribution in [0.4, 0.5) is 5.69 Å². The van der Waals surface area contributed by atoms with Crippen LogP contribution in [0.3, 0.4) is 0 Å². The minimum atomic E-state index is -0.131. The first-order valence-corrected chi connectivity index (χ1v) is 6.80. The second kappa shape index (κ2) is 6.35. The van der Waals surface area contributed by atoms with E-state index in [9.17, 15) is 4.79 Å². The van der Waals surface area contributed by atoms with Gasteiger partial charge in [0.2, 0.25) is 5.91 Å². The van der Waals surface area contributed by atoms with Gasteiger partial charge in [0.05, 0.1) is 5.92 Å². The molecule has 3 N–H and O–H groups in total. The van der Waals surface area contributed by atoms with Crippen LogP contribution >= 0.6 is 22.6 Å². The summed E-state index contributed by atoms with van der Waals surface area (Å²) in [6, 6.07) is 5.90. The van der Waals surface area contributed by atoms with Gasteiger partial charge in [0.25, 0.3) is 0 Å². The lowest BCUT2D eigenvalue weighted by atomic mass is 9.95. The lowest BCUT2D eigenvalue weighted by Gasteiger charge is -2.18. The predicted molar refractivity (Wildman–Crippen MR) is 79.9 cm³/mol. The summed E-state index contributed by atoms with van der Waals surface area (Å²) in [4.78, 5) is 12.0. The van der Waals surface area contributed by atoms with Gasteiger partial charge < -0.3 is 11.1 Å². The molecule has 1 aromatic carbocycles. The summed E-state index contributed by atoms with van der Waals surface area (Å²) in [5.74, 6) is 0.126. The molecule has 0 bridgehead atoms. The highest BCUT2D eigenvalue weighted by molar-refractivity contribution is 14.1. The summed E-state index contributed by atoms with van der Waals surface area (Å²) in [6.45, 7) is 6.45. The zero-order valence-electron chi connectivity index (χ0n) is 10.5. The number of amides is 1. The van der Waals surface area contributed by atoms with E-state index in [-0.39, 0.29) is 17.7 Å². The fourth-order valence-corrected chi connectivity index (χ4v) is 2.10. The largest absolute Gasteiger partial charge is 0.330 e. The molecule has 1 atom stereocenters. The number of hydrogen-bond donors (Lipinski definition) is 2. The van der Waals surface area contributed by atoms with Crippen LogP contribution in [0.1, 0.15) is 19.4 Å². The van der Waals surface area contributed by atoms with Crippen molar-refractivity contribution in [3.63, 3.8) is 0 Å². The monoisotopic (exact) mass is 346 g/mol. The SMILES string of the molecule is Cc1ccc(NC(=O)C(CN)C(C)C)cc1I. The number of carbonyl (C=O) groups is 1. The van der Waals surface area contributed by atoms with Crippen LogP contribution in [0.25, 0.3) is 0 Å². The first kappa shape index (κ1) is 14.4. The summed E-state index contributed by atoms with van der Waals surface area (Å²) in [7, 11) is 0. The van der Waals surface area contributed by atoms with E-state index < -0.39 is 0 Å². The highest BCUT2D eigenvalue weighted by Crippen LogP contribution is 2.19. The fourth-order valence-electron chi connectivity index (χ4n) is 1.59. The predicted octanol–water partition coefficient (Wildman–Crippen LogP) is 2.77. The smallest absolute Gasteiger partial charge is 0.229 e. The third-order valence-electron chi connectivity index (χ3n) is 2.83. The molecule has 0 saturated heterocycles. The Morgan fingerprint density at radius 1 is 1.47 bits per heavy atom. The highest BCUT2D eigenvalue weighted by atomic mass is 127. The van der Waals surface area contributed by atoms with E-state index in [0.717, 1.165) is 9.26 Å². The lowest BCUT2D eigenvalue weighted by molar-refractivity contribution is -0.120. The zero-order chi connectivity index (χ0) is 13.0. The molecule has 0 fully saturated rings. The molecule has 0 radical (unpaired) electrons.